The lowest BCUT2D eigenvalue weighted by atomic mass is 10.2. The van der Waals surface area contributed by atoms with Gasteiger partial charge in [-0.15, -0.1) is 0 Å². The smallest absolute Gasteiger partial charge is 0.270 e. The minimum Gasteiger partial charge on any atom is -0.378 e. The summed E-state index contributed by atoms with van der Waals surface area (Å²) in [5.74, 6) is 0.667. The zero-order valence-corrected chi connectivity index (χ0v) is 12.0. The third kappa shape index (κ3) is 4.16. The van der Waals surface area contributed by atoms with Gasteiger partial charge in [-0.25, -0.2) is 9.97 Å². The highest BCUT2D eigenvalue weighted by Gasteiger charge is 2.15. The predicted molar refractivity (Wildman–Crippen MR) is 76.9 cm³/mol. The van der Waals surface area contributed by atoms with Crippen molar-refractivity contribution in [3.05, 3.63) is 18.1 Å². The summed E-state index contributed by atoms with van der Waals surface area (Å²) in [6.45, 7) is 5.83. The summed E-state index contributed by atoms with van der Waals surface area (Å²) < 4.78 is 5.31. The van der Waals surface area contributed by atoms with E-state index in [9.17, 15) is 4.79 Å². The maximum atomic E-state index is 12.0. The molecule has 1 fully saturated rings. The molecule has 6 nitrogen and oxygen atoms in total. The summed E-state index contributed by atoms with van der Waals surface area (Å²) in [5.41, 5.74) is 0.429. The number of hydrogen-bond acceptors (Lipinski definition) is 5. The van der Waals surface area contributed by atoms with Crippen molar-refractivity contribution in [1.82, 2.24) is 15.3 Å². The first kappa shape index (κ1) is 14.7. The number of nitrogens with one attached hydrogen (secondary N) is 1. The number of carbonyl (C=O) groups excluding carboxylic acids is 1. The SMILES string of the molecule is CCCCCNC(=O)c1cc(N2CCOCC2)ncn1. The van der Waals surface area contributed by atoms with Crippen molar-refractivity contribution >= 4 is 11.7 Å². The van der Waals surface area contributed by atoms with Gasteiger partial charge in [0.2, 0.25) is 0 Å². The molecule has 2 heterocycles. The van der Waals surface area contributed by atoms with Gasteiger partial charge >= 0.3 is 0 Å². The monoisotopic (exact) mass is 278 g/mol. The van der Waals surface area contributed by atoms with E-state index >= 15 is 0 Å². The molecule has 0 radical (unpaired) electrons. The number of anilines is 1. The summed E-state index contributed by atoms with van der Waals surface area (Å²) in [7, 11) is 0. The van der Waals surface area contributed by atoms with Crippen LogP contribution in [0.15, 0.2) is 12.4 Å². The lowest BCUT2D eigenvalue weighted by Crippen LogP contribution is -2.37. The van der Waals surface area contributed by atoms with Crippen LogP contribution >= 0.6 is 0 Å². The second-order valence-corrected chi connectivity index (χ2v) is 4.82. The second kappa shape index (κ2) is 7.79. The minimum absolute atomic E-state index is 0.127. The van der Waals surface area contributed by atoms with Crippen molar-refractivity contribution in [1.29, 1.82) is 0 Å². The van der Waals surface area contributed by atoms with Crippen LogP contribution < -0.4 is 10.2 Å². The van der Waals surface area contributed by atoms with Gasteiger partial charge in [-0.3, -0.25) is 4.79 Å². The van der Waals surface area contributed by atoms with E-state index in [-0.39, 0.29) is 5.91 Å². The Bertz CT molecular complexity index is 433. The van der Waals surface area contributed by atoms with Crippen LogP contribution in [0.3, 0.4) is 0 Å². The molecule has 1 saturated heterocycles. The molecule has 0 aromatic carbocycles. The number of ether oxygens (including phenoxy) is 1. The molecule has 0 atom stereocenters. The van der Waals surface area contributed by atoms with E-state index in [2.05, 4.69) is 27.1 Å². The number of amides is 1. The van der Waals surface area contributed by atoms with Crippen molar-refractivity contribution in [3.63, 3.8) is 0 Å². The Morgan fingerprint density at radius 2 is 2.15 bits per heavy atom. The van der Waals surface area contributed by atoms with Crippen LogP contribution in [0.5, 0.6) is 0 Å². The Morgan fingerprint density at radius 1 is 1.35 bits per heavy atom. The van der Waals surface area contributed by atoms with Gasteiger partial charge in [0.1, 0.15) is 17.8 Å². The predicted octanol–water partition coefficient (Wildman–Crippen LogP) is 1.23. The number of unbranched alkanes of at least 4 members (excludes halogenated alkanes) is 2. The number of hydrogen-bond donors (Lipinski definition) is 1. The largest absolute Gasteiger partial charge is 0.378 e. The maximum Gasteiger partial charge on any atom is 0.270 e. The van der Waals surface area contributed by atoms with Gasteiger partial charge < -0.3 is 15.0 Å². The summed E-state index contributed by atoms with van der Waals surface area (Å²) in [4.78, 5) is 22.4. The Kier molecular flexibility index (Phi) is 5.73. The molecule has 20 heavy (non-hydrogen) atoms. The summed E-state index contributed by atoms with van der Waals surface area (Å²) in [5, 5.41) is 2.89. The topological polar surface area (TPSA) is 67.4 Å². The molecule has 1 aliphatic heterocycles. The molecule has 6 heteroatoms. The summed E-state index contributed by atoms with van der Waals surface area (Å²) in [6.07, 6.45) is 4.73. The molecule has 1 amide bonds. The van der Waals surface area contributed by atoms with Crippen molar-refractivity contribution < 1.29 is 9.53 Å². The highest BCUT2D eigenvalue weighted by molar-refractivity contribution is 5.92. The third-order valence-electron chi connectivity index (χ3n) is 3.29. The number of carbonyl (C=O) groups is 1. The molecule has 2 rings (SSSR count). The standard InChI is InChI=1S/C14H22N4O2/c1-2-3-4-5-15-14(19)12-10-13(17-11-16-12)18-6-8-20-9-7-18/h10-11H,2-9H2,1H3,(H,15,19). The number of aromatic nitrogens is 2. The van der Waals surface area contributed by atoms with Crippen molar-refractivity contribution in [2.75, 3.05) is 37.7 Å². The minimum atomic E-state index is -0.127. The molecular formula is C14H22N4O2. The molecule has 1 aliphatic rings. The molecule has 0 bridgehead atoms. The van der Waals surface area contributed by atoms with E-state index in [4.69, 9.17) is 4.74 Å². The molecule has 0 saturated carbocycles. The van der Waals surface area contributed by atoms with Crippen molar-refractivity contribution in [2.24, 2.45) is 0 Å². The first-order valence-electron chi connectivity index (χ1n) is 7.24. The van der Waals surface area contributed by atoms with E-state index in [1.54, 1.807) is 6.07 Å². The first-order valence-corrected chi connectivity index (χ1v) is 7.24. The van der Waals surface area contributed by atoms with Crippen LogP contribution in [-0.4, -0.2) is 48.7 Å². The van der Waals surface area contributed by atoms with E-state index in [0.717, 1.165) is 38.2 Å². The quantitative estimate of drug-likeness (QED) is 0.793. The van der Waals surface area contributed by atoms with Gasteiger partial charge in [0.25, 0.3) is 5.91 Å². The molecule has 0 spiro atoms. The fourth-order valence-electron chi connectivity index (χ4n) is 2.10. The fraction of sp³-hybridized carbons (Fsp3) is 0.643. The number of rotatable bonds is 6. The van der Waals surface area contributed by atoms with Crippen molar-refractivity contribution in [2.45, 2.75) is 26.2 Å². The van der Waals surface area contributed by atoms with Gasteiger partial charge in [-0.05, 0) is 6.42 Å². The van der Waals surface area contributed by atoms with E-state index in [1.807, 2.05) is 0 Å². The van der Waals surface area contributed by atoms with E-state index in [0.29, 0.717) is 25.5 Å². The van der Waals surface area contributed by atoms with Crippen molar-refractivity contribution in [3.8, 4) is 0 Å². The zero-order valence-electron chi connectivity index (χ0n) is 12.0. The van der Waals surface area contributed by atoms with Gasteiger partial charge in [-0.2, -0.15) is 0 Å². The molecule has 1 aromatic rings. The number of morpholine rings is 1. The fourth-order valence-corrected chi connectivity index (χ4v) is 2.10. The van der Waals surface area contributed by atoms with Gasteiger partial charge in [0.05, 0.1) is 13.2 Å². The van der Waals surface area contributed by atoms with Crippen LogP contribution in [0.1, 0.15) is 36.7 Å². The first-order chi connectivity index (χ1) is 9.81. The van der Waals surface area contributed by atoms with Gasteiger partial charge in [0.15, 0.2) is 0 Å². The zero-order chi connectivity index (χ0) is 14.2. The molecule has 110 valence electrons. The molecule has 1 aromatic heterocycles. The van der Waals surface area contributed by atoms with Crippen LogP contribution in [-0.2, 0) is 4.74 Å². The Hall–Kier alpha value is -1.69. The van der Waals surface area contributed by atoms with Crippen LogP contribution in [0, 0.1) is 0 Å². The average Bonchev–Trinajstić information content (AvgIpc) is 2.52. The van der Waals surface area contributed by atoms with Crippen LogP contribution in [0.2, 0.25) is 0 Å². The lowest BCUT2D eigenvalue weighted by Gasteiger charge is -2.27. The molecule has 0 unspecified atom stereocenters. The summed E-state index contributed by atoms with van der Waals surface area (Å²) in [6, 6.07) is 1.75. The second-order valence-electron chi connectivity index (χ2n) is 4.82. The van der Waals surface area contributed by atoms with Gasteiger partial charge in [0, 0.05) is 25.7 Å². The Labute approximate surface area is 119 Å². The highest BCUT2D eigenvalue weighted by atomic mass is 16.5. The maximum absolute atomic E-state index is 12.0. The van der Waals surface area contributed by atoms with Crippen LogP contribution in [0.25, 0.3) is 0 Å². The van der Waals surface area contributed by atoms with E-state index in [1.165, 1.54) is 6.33 Å². The lowest BCUT2D eigenvalue weighted by molar-refractivity contribution is 0.0947. The Balaban J connectivity index is 1.92. The third-order valence-corrected chi connectivity index (χ3v) is 3.29. The Morgan fingerprint density at radius 3 is 2.90 bits per heavy atom. The van der Waals surface area contributed by atoms with E-state index < -0.39 is 0 Å². The molecule has 0 aliphatic carbocycles. The normalized spacial score (nSPS) is 15.2. The van der Waals surface area contributed by atoms with Gasteiger partial charge in [-0.1, -0.05) is 19.8 Å². The summed E-state index contributed by atoms with van der Waals surface area (Å²) >= 11 is 0. The molecule has 1 N–H and O–H groups in total. The molecular weight excluding hydrogens is 256 g/mol. The number of nitrogens with zero attached hydrogens (tertiary/aromatic N) is 3. The van der Waals surface area contributed by atoms with Crippen LogP contribution in [0.4, 0.5) is 5.82 Å². The highest BCUT2D eigenvalue weighted by Crippen LogP contribution is 2.12. The average molecular weight is 278 g/mol.